The van der Waals surface area contributed by atoms with E-state index in [1.165, 1.54) is 12.2 Å². The highest BCUT2D eigenvalue weighted by Crippen LogP contribution is 2.36. The first kappa shape index (κ1) is 10.6. The largest absolute Gasteiger partial charge is 0.378 e. The summed E-state index contributed by atoms with van der Waals surface area (Å²) >= 11 is 0. The molecule has 0 saturated carbocycles. The first-order chi connectivity index (χ1) is 6.88. The molecule has 3 nitrogen and oxygen atoms in total. The fourth-order valence-electron chi connectivity index (χ4n) is 1.66. The Hall–Kier alpha value is 0.130. The molecule has 2 aliphatic heterocycles. The second kappa shape index (κ2) is 5.28. The average molecular weight is 233 g/mol. The Bertz CT molecular complexity index is 181. The molecule has 0 bridgehead atoms. The van der Waals surface area contributed by atoms with Crippen LogP contribution in [0.5, 0.6) is 0 Å². The van der Waals surface area contributed by atoms with Crippen molar-refractivity contribution in [3.63, 3.8) is 0 Å². The first-order valence-electron chi connectivity index (χ1n) is 5.03. The Morgan fingerprint density at radius 3 is 2.79 bits per heavy atom. The smallest absolute Gasteiger partial charge is 0.236 e. The number of hydrogen-bond donors (Lipinski definition) is 0. The number of carbonyl (C=O) groups is 1. The Balaban J connectivity index is 1.85. The van der Waals surface area contributed by atoms with E-state index in [9.17, 15) is 4.79 Å². The molecule has 1 atom stereocenters. The van der Waals surface area contributed by atoms with Crippen molar-refractivity contribution in [3.05, 3.63) is 0 Å². The number of carbonyl (C=O) groups excluding carboxylic acids is 1. The van der Waals surface area contributed by atoms with Crippen molar-refractivity contribution in [1.82, 2.24) is 4.90 Å². The molecule has 0 aliphatic carbocycles. The number of ether oxygens (including phenoxy) is 1. The van der Waals surface area contributed by atoms with Crippen molar-refractivity contribution in [3.8, 4) is 0 Å². The summed E-state index contributed by atoms with van der Waals surface area (Å²) in [6.07, 6.45) is 2.23. The van der Waals surface area contributed by atoms with Crippen LogP contribution in [0.15, 0.2) is 0 Å². The maximum Gasteiger partial charge on any atom is 0.236 e. The highest BCUT2D eigenvalue weighted by atomic mass is 33.1. The Morgan fingerprint density at radius 1 is 1.36 bits per heavy atom. The lowest BCUT2D eigenvalue weighted by molar-refractivity contribution is -0.134. The minimum atomic E-state index is 0.201. The third-order valence-corrected chi connectivity index (χ3v) is 5.34. The summed E-state index contributed by atoms with van der Waals surface area (Å²) in [6.45, 7) is 2.97. The minimum absolute atomic E-state index is 0.201. The maximum atomic E-state index is 12.0. The lowest BCUT2D eigenvalue weighted by Gasteiger charge is -2.31. The van der Waals surface area contributed by atoms with Gasteiger partial charge in [0.2, 0.25) is 5.91 Å². The summed E-state index contributed by atoms with van der Waals surface area (Å²) in [4.78, 5) is 13.9. The highest BCUT2D eigenvalue weighted by molar-refractivity contribution is 8.77. The Labute approximate surface area is 92.3 Å². The van der Waals surface area contributed by atoms with Crippen LogP contribution in [-0.4, -0.2) is 48.1 Å². The van der Waals surface area contributed by atoms with Crippen LogP contribution >= 0.6 is 21.6 Å². The zero-order valence-electron chi connectivity index (χ0n) is 8.11. The van der Waals surface area contributed by atoms with E-state index in [1.807, 2.05) is 15.7 Å². The third-order valence-electron chi connectivity index (χ3n) is 2.48. The van der Waals surface area contributed by atoms with Gasteiger partial charge in [-0.25, -0.2) is 0 Å². The molecule has 5 heteroatoms. The average Bonchev–Trinajstić information content (AvgIpc) is 2.30. The zero-order chi connectivity index (χ0) is 9.80. The lowest BCUT2D eigenvalue weighted by Crippen LogP contribution is -2.45. The summed E-state index contributed by atoms with van der Waals surface area (Å²) in [5.74, 6) is 1.52. The number of morpholine rings is 1. The molecule has 0 aromatic heterocycles. The molecule has 2 heterocycles. The van der Waals surface area contributed by atoms with Crippen molar-refractivity contribution in [2.24, 2.45) is 0 Å². The monoisotopic (exact) mass is 233 g/mol. The van der Waals surface area contributed by atoms with Crippen LogP contribution in [0.25, 0.3) is 0 Å². The molecule has 0 aromatic rings. The molecule has 1 unspecified atom stereocenters. The standard InChI is InChI=1S/C9H15NO2S2/c11-9(8-2-1-7-13-14-8)10-3-5-12-6-4-10/h8H,1-7H2. The molecule has 14 heavy (non-hydrogen) atoms. The Kier molecular flexibility index (Phi) is 4.01. The van der Waals surface area contributed by atoms with Crippen LogP contribution in [-0.2, 0) is 9.53 Å². The Morgan fingerprint density at radius 2 is 2.14 bits per heavy atom. The molecule has 0 aromatic carbocycles. The van der Waals surface area contributed by atoms with E-state index < -0.39 is 0 Å². The fraction of sp³-hybridized carbons (Fsp3) is 0.889. The highest BCUT2D eigenvalue weighted by Gasteiger charge is 2.27. The van der Waals surface area contributed by atoms with Gasteiger partial charge in [0.15, 0.2) is 0 Å². The van der Waals surface area contributed by atoms with Crippen molar-refractivity contribution in [1.29, 1.82) is 0 Å². The second-order valence-electron chi connectivity index (χ2n) is 3.49. The maximum absolute atomic E-state index is 12.0. The van der Waals surface area contributed by atoms with Crippen LogP contribution in [0.1, 0.15) is 12.8 Å². The molecule has 1 amide bonds. The van der Waals surface area contributed by atoms with Crippen LogP contribution in [0.3, 0.4) is 0 Å². The van der Waals surface area contributed by atoms with Gasteiger partial charge in [0.05, 0.1) is 18.5 Å². The third kappa shape index (κ3) is 2.58. The van der Waals surface area contributed by atoms with Gasteiger partial charge in [0, 0.05) is 18.8 Å². The summed E-state index contributed by atoms with van der Waals surface area (Å²) in [5, 5.41) is 0.201. The van der Waals surface area contributed by atoms with Gasteiger partial charge in [-0.1, -0.05) is 21.6 Å². The number of rotatable bonds is 1. The molecular formula is C9H15NO2S2. The SMILES string of the molecule is O=C(C1CCCSS1)N1CCOCC1. The molecule has 0 radical (unpaired) electrons. The van der Waals surface area contributed by atoms with Gasteiger partial charge in [-0.2, -0.15) is 0 Å². The second-order valence-corrected chi connectivity index (χ2v) is 6.18. The number of nitrogens with zero attached hydrogens (tertiary/aromatic N) is 1. The van der Waals surface area contributed by atoms with Gasteiger partial charge in [-0.15, -0.1) is 0 Å². The van der Waals surface area contributed by atoms with Crippen molar-refractivity contribution in [2.75, 3.05) is 32.1 Å². The van der Waals surface area contributed by atoms with Crippen molar-refractivity contribution < 1.29 is 9.53 Å². The van der Waals surface area contributed by atoms with E-state index in [0.29, 0.717) is 19.1 Å². The number of amides is 1. The molecular weight excluding hydrogens is 218 g/mol. The minimum Gasteiger partial charge on any atom is -0.378 e. The normalized spacial score (nSPS) is 28.9. The molecule has 80 valence electrons. The van der Waals surface area contributed by atoms with E-state index in [4.69, 9.17) is 4.74 Å². The van der Waals surface area contributed by atoms with E-state index in [2.05, 4.69) is 0 Å². The van der Waals surface area contributed by atoms with Gasteiger partial charge in [0.25, 0.3) is 0 Å². The topological polar surface area (TPSA) is 29.5 Å². The predicted octanol–water partition coefficient (Wildman–Crippen LogP) is 1.39. The molecule has 2 aliphatic rings. The lowest BCUT2D eigenvalue weighted by atomic mass is 10.2. The van der Waals surface area contributed by atoms with Crippen LogP contribution in [0, 0.1) is 0 Å². The molecule has 0 N–H and O–H groups in total. The predicted molar refractivity (Wildman–Crippen MR) is 60.5 cm³/mol. The van der Waals surface area contributed by atoms with Gasteiger partial charge < -0.3 is 9.64 Å². The summed E-state index contributed by atoms with van der Waals surface area (Å²) in [6, 6.07) is 0. The van der Waals surface area contributed by atoms with E-state index in [0.717, 1.165) is 19.5 Å². The molecule has 2 rings (SSSR count). The number of hydrogen-bond acceptors (Lipinski definition) is 4. The van der Waals surface area contributed by atoms with Gasteiger partial charge in [-0.3, -0.25) is 4.79 Å². The molecule has 2 fully saturated rings. The summed E-state index contributed by atoms with van der Waals surface area (Å²) in [5.41, 5.74) is 0. The van der Waals surface area contributed by atoms with Crippen LogP contribution < -0.4 is 0 Å². The van der Waals surface area contributed by atoms with Crippen LogP contribution in [0.4, 0.5) is 0 Å². The van der Waals surface area contributed by atoms with Gasteiger partial charge >= 0.3 is 0 Å². The molecule has 0 spiro atoms. The van der Waals surface area contributed by atoms with Gasteiger partial charge in [-0.05, 0) is 12.8 Å². The quantitative estimate of drug-likeness (QED) is 0.640. The first-order valence-corrected chi connectivity index (χ1v) is 7.41. The zero-order valence-corrected chi connectivity index (χ0v) is 9.74. The molecule has 2 saturated heterocycles. The fourth-order valence-corrected chi connectivity index (χ4v) is 4.37. The van der Waals surface area contributed by atoms with E-state index in [-0.39, 0.29) is 5.25 Å². The summed E-state index contributed by atoms with van der Waals surface area (Å²) in [7, 11) is 3.58. The van der Waals surface area contributed by atoms with Gasteiger partial charge in [0.1, 0.15) is 0 Å². The van der Waals surface area contributed by atoms with E-state index in [1.54, 1.807) is 10.8 Å². The van der Waals surface area contributed by atoms with Crippen molar-refractivity contribution in [2.45, 2.75) is 18.1 Å². The van der Waals surface area contributed by atoms with Crippen LogP contribution in [0.2, 0.25) is 0 Å². The van der Waals surface area contributed by atoms with E-state index >= 15 is 0 Å². The van der Waals surface area contributed by atoms with Crippen molar-refractivity contribution >= 4 is 27.5 Å². The summed E-state index contributed by atoms with van der Waals surface area (Å²) < 4.78 is 5.23.